The van der Waals surface area contributed by atoms with Crippen LogP contribution in [0, 0.1) is 5.82 Å². The van der Waals surface area contributed by atoms with Crippen molar-refractivity contribution in [2.24, 2.45) is 0 Å². The second-order valence-electron chi connectivity index (χ2n) is 4.18. The summed E-state index contributed by atoms with van der Waals surface area (Å²) in [5.74, 6) is 0.376. The Hall–Kier alpha value is -2.07. The zero-order chi connectivity index (χ0) is 13.2. The first-order chi connectivity index (χ1) is 9.22. The zero-order valence-corrected chi connectivity index (χ0v) is 10.7. The third-order valence-corrected chi connectivity index (χ3v) is 3.07. The van der Waals surface area contributed by atoms with E-state index in [2.05, 4.69) is 15.3 Å². The molecule has 0 saturated carbocycles. The van der Waals surface area contributed by atoms with E-state index in [1.807, 2.05) is 24.3 Å². The van der Waals surface area contributed by atoms with Gasteiger partial charge in [0.15, 0.2) is 5.82 Å². The normalized spacial score (nSPS) is 10.8. The van der Waals surface area contributed by atoms with Crippen molar-refractivity contribution in [1.29, 1.82) is 0 Å². The fourth-order valence-electron chi connectivity index (χ4n) is 1.89. The van der Waals surface area contributed by atoms with Crippen molar-refractivity contribution in [1.82, 2.24) is 9.97 Å². The van der Waals surface area contributed by atoms with Gasteiger partial charge in [0, 0.05) is 10.7 Å². The van der Waals surface area contributed by atoms with Crippen LogP contribution in [0.15, 0.2) is 42.5 Å². The number of aromatic nitrogens is 2. The van der Waals surface area contributed by atoms with Crippen molar-refractivity contribution in [3.05, 3.63) is 59.1 Å². The standard InChI is InChI=1S/C14H11ClFN3/c15-9-4-6-10(7-5-9)17-8-13-18-12-3-1-2-11(16)14(12)19-13/h1-7,17H,8H2,(H,18,19). The molecule has 2 aromatic carbocycles. The Balaban J connectivity index is 1.78. The minimum atomic E-state index is -0.313. The van der Waals surface area contributed by atoms with Crippen molar-refractivity contribution in [2.75, 3.05) is 5.32 Å². The van der Waals surface area contributed by atoms with Gasteiger partial charge in [-0.3, -0.25) is 0 Å². The van der Waals surface area contributed by atoms with Gasteiger partial charge in [-0.1, -0.05) is 17.7 Å². The molecule has 96 valence electrons. The van der Waals surface area contributed by atoms with E-state index in [1.165, 1.54) is 6.07 Å². The molecule has 1 aromatic heterocycles. The molecule has 0 radical (unpaired) electrons. The molecule has 0 unspecified atom stereocenters. The molecule has 0 aliphatic rings. The van der Waals surface area contributed by atoms with Gasteiger partial charge in [0.1, 0.15) is 11.3 Å². The molecule has 5 heteroatoms. The van der Waals surface area contributed by atoms with E-state index < -0.39 is 0 Å². The third kappa shape index (κ3) is 2.53. The van der Waals surface area contributed by atoms with Crippen molar-refractivity contribution in [3.63, 3.8) is 0 Å². The summed E-state index contributed by atoms with van der Waals surface area (Å²) < 4.78 is 13.5. The SMILES string of the molecule is Fc1cccc2[nH]c(CNc3ccc(Cl)cc3)nc12. The van der Waals surface area contributed by atoms with Gasteiger partial charge in [-0.15, -0.1) is 0 Å². The average Bonchev–Trinajstić information content (AvgIpc) is 2.83. The molecule has 0 fully saturated rings. The van der Waals surface area contributed by atoms with Crippen LogP contribution in [0.1, 0.15) is 5.82 Å². The number of benzene rings is 2. The minimum Gasteiger partial charge on any atom is -0.378 e. The Labute approximate surface area is 114 Å². The monoisotopic (exact) mass is 275 g/mol. The van der Waals surface area contributed by atoms with Gasteiger partial charge in [-0.05, 0) is 36.4 Å². The summed E-state index contributed by atoms with van der Waals surface area (Å²) in [4.78, 5) is 7.30. The van der Waals surface area contributed by atoms with Crippen LogP contribution in [-0.4, -0.2) is 9.97 Å². The summed E-state index contributed by atoms with van der Waals surface area (Å²) in [7, 11) is 0. The molecule has 3 nitrogen and oxygen atoms in total. The molecule has 0 amide bonds. The minimum absolute atomic E-state index is 0.313. The van der Waals surface area contributed by atoms with Crippen molar-refractivity contribution < 1.29 is 4.39 Å². The lowest BCUT2D eigenvalue weighted by Crippen LogP contribution is -2.00. The number of imidazole rings is 1. The number of hydrogen-bond acceptors (Lipinski definition) is 2. The number of H-pyrrole nitrogens is 1. The summed E-state index contributed by atoms with van der Waals surface area (Å²) in [5.41, 5.74) is 2.01. The highest BCUT2D eigenvalue weighted by atomic mass is 35.5. The molecule has 0 saturated heterocycles. The van der Waals surface area contributed by atoms with Gasteiger partial charge in [0.2, 0.25) is 0 Å². The maximum Gasteiger partial charge on any atom is 0.151 e. The van der Waals surface area contributed by atoms with Crippen molar-refractivity contribution in [3.8, 4) is 0 Å². The second kappa shape index (κ2) is 4.90. The molecule has 0 spiro atoms. The maximum absolute atomic E-state index is 13.5. The Bertz CT molecular complexity index is 706. The van der Waals surface area contributed by atoms with Crippen LogP contribution in [0.5, 0.6) is 0 Å². The lowest BCUT2D eigenvalue weighted by atomic mass is 10.3. The number of anilines is 1. The number of halogens is 2. The average molecular weight is 276 g/mol. The van der Waals surface area contributed by atoms with Gasteiger partial charge in [0.25, 0.3) is 0 Å². The van der Waals surface area contributed by atoms with Crippen LogP contribution in [0.25, 0.3) is 11.0 Å². The second-order valence-corrected chi connectivity index (χ2v) is 4.62. The fraction of sp³-hybridized carbons (Fsp3) is 0.0714. The number of rotatable bonds is 3. The van der Waals surface area contributed by atoms with Gasteiger partial charge in [-0.2, -0.15) is 0 Å². The highest BCUT2D eigenvalue weighted by Crippen LogP contribution is 2.17. The number of para-hydroxylation sites is 1. The van der Waals surface area contributed by atoms with Gasteiger partial charge >= 0.3 is 0 Å². The van der Waals surface area contributed by atoms with Crippen LogP contribution < -0.4 is 5.32 Å². The molecular formula is C14H11ClFN3. The summed E-state index contributed by atoms with van der Waals surface area (Å²) in [6, 6.07) is 12.2. The van der Waals surface area contributed by atoms with E-state index in [1.54, 1.807) is 12.1 Å². The quantitative estimate of drug-likeness (QED) is 0.759. The molecular weight excluding hydrogens is 265 g/mol. The number of hydrogen-bond donors (Lipinski definition) is 2. The molecule has 3 rings (SSSR count). The van der Waals surface area contributed by atoms with Crippen LogP contribution in [0.3, 0.4) is 0 Å². The zero-order valence-electron chi connectivity index (χ0n) is 9.95. The third-order valence-electron chi connectivity index (χ3n) is 2.82. The van der Waals surface area contributed by atoms with E-state index >= 15 is 0 Å². The molecule has 2 N–H and O–H groups in total. The van der Waals surface area contributed by atoms with E-state index in [0.717, 1.165) is 5.69 Å². The highest BCUT2D eigenvalue weighted by Gasteiger charge is 2.06. The molecule has 0 aliphatic heterocycles. The summed E-state index contributed by atoms with van der Waals surface area (Å²) in [5, 5.41) is 3.88. The van der Waals surface area contributed by atoms with Crippen LogP contribution in [-0.2, 0) is 6.54 Å². The lowest BCUT2D eigenvalue weighted by Gasteiger charge is -2.03. The first-order valence-corrected chi connectivity index (χ1v) is 6.23. The fourth-order valence-corrected chi connectivity index (χ4v) is 2.01. The Morgan fingerprint density at radius 3 is 2.68 bits per heavy atom. The smallest absolute Gasteiger partial charge is 0.151 e. The van der Waals surface area contributed by atoms with Crippen LogP contribution in [0.2, 0.25) is 5.02 Å². The molecule has 0 bridgehead atoms. The Morgan fingerprint density at radius 1 is 1.16 bits per heavy atom. The van der Waals surface area contributed by atoms with Crippen LogP contribution >= 0.6 is 11.6 Å². The molecule has 0 atom stereocenters. The Morgan fingerprint density at radius 2 is 1.95 bits per heavy atom. The summed E-state index contributed by atoms with van der Waals surface area (Å²) in [6.07, 6.45) is 0. The molecule has 1 heterocycles. The number of aromatic amines is 1. The highest BCUT2D eigenvalue weighted by molar-refractivity contribution is 6.30. The largest absolute Gasteiger partial charge is 0.378 e. The van der Waals surface area contributed by atoms with E-state index in [4.69, 9.17) is 11.6 Å². The summed E-state index contributed by atoms with van der Waals surface area (Å²) >= 11 is 5.81. The maximum atomic E-state index is 13.5. The van der Waals surface area contributed by atoms with Gasteiger partial charge < -0.3 is 10.3 Å². The van der Waals surface area contributed by atoms with Crippen molar-refractivity contribution in [2.45, 2.75) is 6.54 Å². The van der Waals surface area contributed by atoms with E-state index in [0.29, 0.717) is 28.4 Å². The first-order valence-electron chi connectivity index (χ1n) is 5.85. The predicted octanol–water partition coefficient (Wildman–Crippen LogP) is 3.97. The topological polar surface area (TPSA) is 40.7 Å². The van der Waals surface area contributed by atoms with E-state index in [-0.39, 0.29) is 5.82 Å². The molecule has 3 aromatic rings. The molecule has 19 heavy (non-hydrogen) atoms. The van der Waals surface area contributed by atoms with Gasteiger partial charge in [-0.25, -0.2) is 9.37 Å². The molecule has 0 aliphatic carbocycles. The first kappa shape index (κ1) is 12.0. The Kier molecular flexibility index (Phi) is 3.09. The van der Waals surface area contributed by atoms with Crippen LogP contribution in [0.4, 0.5) is 10.1 Å². The van der Waals surface area contributed by atoms with Crippen molar-refractivity contribution >= 4 is 28.3 Å². The van der Waals surface area contributed by atoms with Gasteiger partial charge in [0.05, 0.1) is 12.1 Å². The number of nitrogens with one attached hydrogen (secondary N) is 2. The number of nitrogens with zero attached hydrogens (tertiary/aromatic N) is 1. The van der Waals surface area contributed by atoms with E-state index in [9.17, 15) is 4.39 Å². The predicted molar refractivity (Wildman–Crippen MR) is 74.8 cm³/mol. The lowest BCUT2D eigenvalue weighted by molar-refractivity contribution is 0.637. The summed E-state index contributed by atoms with van der Waals surface area (Å²) in [6.45, 7) is 0.496. The number of fused-ring (bicyclic) bond motifs is 1.